The van der Waals surface area contributed by atoms with Crippen LogP contribution in [0.1, 0.15) is 43.2 Å². The van der Waals surface area contributed by atoms with Crippen LogP contribution in [-0.2, 0) is 11.8 Å². The maximum absolute atomic E-state index is 13.9. The van der Waals surface area contributed by atoms with Gasteiger partial charge >= 0.3 is 0 Å². The molecule has 6 rings (SSSR count). The Morgan fingerprint density at radius 2 is 2.12 bits per heavy atom. The highest BCUT2D eigenvalue weighted by Gasteiger charge is 2.74. The van der Waals surface area contributed by atoms with Crippen molar-refractivity contribution in [1.29, 1.82) is 0 Å². The summed E-state index contributed by atoms with van der Waals surface area (Å²) in [5.41, 5.74) is 1.30. The highest BCUT2D eigenvalue weighted by atomic mass is 16.6. The molecule has 2 heterocycles. The second-order valence-electron chi connectivity index (χ2n) is 9.27. The lowest BCUT2D eigenvalue weighted by molar-refractivity contribution is -0.924. The minimum atomic E-state index is -1.08. The summed E-state index contributed by atoms with van der Waals surface area (Å²) in [6.07, 6.45) is 4.37. The number of rotatable bonds is 2. The van der Waals surface area contributed by atoms with Gasteiger partial charge in [-0.15, -0.1) is 0 Å². The normalized spacial score (nSPS) is 45.2. The van der Waals surface area contributed by atoms with E-state index in [1.54, 1.807) is 6.07 Å². The summed E-state index contributed by atoms with van der Waals surface area (Å²) in [6, 6.07) is 3.25. The van der Waals surface area contributed by atoms with Gasteiger partial charge in [-0.2, -0.15) is 0 Å². The van der Waals surface area contributed by atoms with E-state index in [2.05, 4.69) is 6.58 Å². The third-order valence-corrected chi connectivity index (χ3v) is 8.00. The Morgan fingerprint density at radius 3 is 2.88 bits per heavy atom. The number of hydrogen-bond acceptors (Lipinski definition) is 4. The molecule has 0 amide bonds. The standard InChI is InChI=1S/C21H25NO4/c1-12-6-7-21(24)16-10-14-4-5-15(23)18-17(14)20(21,19(12)26-18)8-9-22(16,25)11-13-2-3-13/h4-5,13,16,19,23-24H,1-3,6-11H2/t16-,19+,20+,21?,22?/m1/s1. The van der Waals surface area contributed by atoms with Crippen molar-refractivity contribution in [2.75, 3.05) is 13.1 Å². The highest BCUT2D eigenvalue weighted by molar-refractivity contribution is 5.63. The van der Waals surface area contributed by atoms with Gasteiger partial charge in [0.15, 0.2) is 11.5 Å². The van der Waals surface area contributed by atoms with Crippen LogP contribution < -0.4 is 4.74 Å². The summed E-state index contributed by atoms with van der Waals surface area (Å²) >= 11 is 0. The first kappa shape index (κ1) is 15.5. The molecule has 2 unspecified atom stereocenters. The van der Waals surface area contributed by atoms with E-state index in [1.165, 1.54) is 0 Å². The van der Waals surface area contributed by atoms with E-state index in [1.807, 2.05) is 6.07 Å². The number of quaternary nitrogens is 1. The topological polar surface area (TPSA) is 72.8 Å². The van der Waals surface area contributed by atoms with Crippen LogP contribution in [0.4, 0.5) is 0 Å². The summed E-state index contributed by atoms with van der Waals surface area (Å²) in [7, 11) is 0. The number of hydroxylamine groups is 3. The minimum absolute atomic E-state index is 0.132. The van der Waals surface area contributed by atoms with Crippen molar-refractivity contribution >= 4 is 0 Å². The maximum Gasteiger partial charge on any atom is 0.166 e. The predicted molar refractivity (Wildman–Crippen MR) is 95.7 cm³/mol. The first-order valence-corrected chi connectivity index (χ1v) is 9.89. The van der Waals surface area contributed by atoms with Crippen LogP contribution in [0, 0.1) is 11.1 Å². The summed E-state index contributed by atoms with van der Waals surface area (Å²) in [5.74, 6) is 1.17. The molecule has 3 fully saturated rings. The van der Waals surface area contributed by atoms with Crippen LogP contribution in [0.5, 0.6) is 11.5 Å². The van der Waals surface area contributed by atoms with Gasteiger partial charge in [-0.25, -0.2) is 0 Å². The van der Waals surface area contributed by atoms with E-state index < -0.39 is 11.0 Å². The third kappa shape index (κ3) is 1.56. The molecule has 1 aromatic rings. The number of phenols is 1. The molecule has 5 nitrogen and oxygen atoms in total. The average molecular weight is 355 g/mol. The van der Waals surface area contributed by atoms with Gasteiger partial charge in [0.1, 0.15) is 17.7 Å². The molecule has 2 N–H and O–H groups in total. The zero-order valence-electron chi connectivity index (χ0n) is 14.9. The number of nitrogens with zero attached hydrogens (tertiary/aromatic N) is 1. The summed E-state index contributed by atoms with van der Waals surface area (Å²) in [4.78, 5) is 0. The number of phenolic OH excluding ortho intramolecular Hbond substituents is 1. The van der Waals surface area contributed by atoms with Gasteiger partial charge < -0.3 is 24.8 Å². The number of piperidine rings is 1. The summed E-state index contributed by atoms with van der Waals surface area (Å²) in [5, 5.41) is 36.4. The molecular formula is C21H25NO4. The Balaban J connectivity index is 1.60. The smallest absolute Gasteiger partial charge is 0.166 e. The second-order valence-corrected chi connectivity index (χ2v) is 9.27. The number of likely N-dealkylation sites (tertiary alicyclic amines) is 1. The lowest BCUT2D eigenvalue weighted by Gasteiger charge is -2.67. The molecule has 2 aliphatic heterocycles. The molecule has 0 radical (unpaired) electrons. The Labute approximate surface area is 153 Å². The minimum Gasteiger partial charge on any atom is -0.632 e. The quantitative estimate of drug-likeness (QED) is 0.486. The van der Waals surface area contributed by atoms with Crippen LogP contribution >= 0.6 is 0 Å². The Hall–Kier alpha value is -1.56. The van der Waals surface area contributed by atoms with Gasteiger partial charge in [0.25, 0.3) is 0 Å². The van der Waals surface area contributed by atoms with Gasteiger partial charge in [0.05, 0.1) is 18.5 Å². The molecular weight excluding hydrogens is 330 g/mol. The first-order valence-electron chi connectivity index (χ1n) is 9.89. The maximum atomic E-state index is 13.9. The van der Waals surface area contributed by atoms with Crippen molar-refractivity contribution < 1.29 is 19.6 Å². The van der Waals surface area contributed by atoms with Crippen molar-refractivity contribution in [3.05, 3.63) is 40.6 Å². The first-order chi connectivity index (χ1) is 12.4. The Kier molecular flexibility index (Phi) is 2.66. The van der Waals surface area contributed by atoms with E-state index >= 15 is 0 Å². The molecule has 3 aliphatic carbocycles. The van der Waals surface area contributed by atoms with Gasteiger partial charge in [0, 0.05) is 24.3 Å². The van der Waals surface area contributed by atoms with E-state index in [-0.39, 0.29) is 22.5 Å². The van der Waals surface area contributed by atoms with Gasteiger partial charge in [-0.3, -0.25) is 0 Å². The van der Waals surface area contributed by atoms with E-state index in [0.717, 1.165) is 29.5 Å². The van der Waals surface area contributed by atoms with Crippen molar-refractivity contribution in [1.82, 2.24) is 0 Å². The fourth-order valence-corrected chi connectivity index (χ4v) is 6.67. The van der Waals surface area contributed by atoms with Crippen molar-refractivity contribution in [2.24, 2.45) is 5.92 Å². The molecule has 1 spiro atoms. The fraction of sp³-hybridized carbons (Fsp3) is 0.619. The molecule has 5 heteroatoms. The van der Waals surface area contributed by atoms with Crippen LogP contribution in [-0.4, -0.2) is 45.7 Å². The average Bonchev–Trinajstić information content (AvgIpc) is 3.32. The SMILES string of the molecule is C=C1CCC2(O)[C@H]3Cc4ccc(O)c5c4[C@@]2(CC[N+]3([O-])CC2CC2)[C@H]1O5. The largest absolute Gasteiger partial charge is 0.632 e. The number of ether oxygens (including phenoxy) is 1. The zero-order valence-corrected chi connectivity index (χ0v) is 14.9. The van der Waals surface area contributed by atoms with E-state index in [0.29, 0.717) is 50.4 Å². The van der Waals surface area contributed by atoms with E-state index in [4.69, 9.17) is 4.74 Å². The monoisotopic (exact) mass is 355 g/mol. The lowest BCUT2D eigenvalue weighted by Crippen LogP contribution is -2.79. The molecule has 5 atom stereocenters. The number of aromatic hydroxyl groups is 1. The fourth-order valence-electron chi connectivity index (χ4n) is 6.67. The summed E-state index contributed by atoms with van der Waals surface area (Å²) < 4.78 is 5.96. The molecule has 2 bridgehead atoms. The molecule has 1 saturated heterocycles. The number of benzene rings is 1. The van der Waals surface area contributed by atoms with Gasteiger partial charge in [-0.05, 0) is 42.9 Å². The Bertz CT molecular complexity index is 849. The van der Waals surface area contributed by atoms with Gasteiger partial charge in [-0.1, -0.05) is 12.6 Å². The molecule has 5 aliphatic rings. The molecule has 0 aromatic heterocycles. The van der Waals surface area contributed by atoms with Gasteiger partial charge in [0.2, 0.25) is 0 Å². The van der Waals surface area contributed by atoms with E-state index in [9.17, 15) is 15.4 Å². The van der Waals surface area contributed by atoms with Crippen molar-refractivity contribution in [3.8, 4) is 11.5 Å². The van der Waals surface area contributed by atoms with Crippen LogP contribution in [0.2, 0.25) is 0 Å². The zero-order chi connectivity index (χ0) is 17.9. The van der Waals surface area contributed by atoms with Crippen molar-refractivity contribution in [2.45, 2.75) is 61.7 Å². The molecule has 1 aromatic carbocycles. The van der Waals surface area contributed by atoms with Crippen LogP contribution in [0.25, 0.3) is 0 Å². The highest BCUT2D eigenvalue weighted by Crippen LogP contribution is 2.67. The van der Waals surface area contributed by atoms with Crippen LogP contribution in [0.3, 0.4) is 0 Å². The number of hydrogen-bond donors (Lipinski definition) is 2. The van der Waals surface area contributed by atoms with Crippen molar-refractivity contribution in [3.63, 3.8) is 0 Å². The lowest BCUT2D eigenvalue weighted by atomic mass is 9.48. The molecule has 26 heavy (non-hydrogen) atoms. The molecule has 2 saturated carbocycles. The Morgan fingerprint density at radius 1 is 1.31 bits per heavy atom. The predicted octanol–water partition coefficient (Wildman–Crippen LogP) is 2.53. The molecule has 138 valence electrons. The number of aliphatic hydroxyl groups is 1. The summed E-state index contributed by atoms with van der Waals surface area (Å²) in [6.45, 7) is 5.38. The van der Waals surface area contributed by atoms with Crippen LogP contribution in [0.15, 0.2) is 24.3 Å². The third-order valence-electron chi connectivity index (χ3n) is 8.00. The second kappa shape index (κ2) is 4.46.